The summed E-state index contributed by atoms with van der Waals surface area (Å²) >= 11 is 6.09. The summed E-state index contributed by atoms with van der Waals surface area (Å²) in [6, 6.07) is 15.4. The number of fused-ring (bicyclic) bond motifs is 1. The Hall–Kier alpha value is -2.79. The Labute approximate surface area is 150 Å². The van der Waals surface area contributed by atoms with Gasteiger partial charge >= 0.3 is 6.03 Å². The molecular weight excluding hydrogens is 336 g/mol. The zero-order valence-corrected chi connectivity index (χ0v) is 14.5. The first kappa shape index (κ1) is 15.7. The number of carbonyl (C=O) groups excluding carboxylic acids is 1. The molecule has 1 aliphatic rings. The molecule has 0 spiro atoms. The average molecular weight is 353 g/mol. The SMILES string of the molecule is Cc1cc(Nc2cccc(N3CCNC3=O)c2)nc2cc(Cl)ccc12. The second-order valence-electron chi connectivity index (χ2n) is 6.04. The van der Waals surface area contributed by atoms with Crippen LogP contribution in [0.25, 0.3) is 10.9 Å². The first-order valence-electron chi connectivity index (χ1n) is 8.09. The second-order valence-corrected chi connectivity index (χ2v) is 6.48. The molecule has 2 amide bonds. The molecule has 0 aliphatic carbocycles. The number of anilines is 3. The smallest absolute Gasteiger partial charge is 0.321 e. The maximum absolute atomic E-state index is 11.8. The Kier molecular flexibility index (Phi) is 3.93. The van der Waals surface area contributed by atoms with Crippen LogP contribution in [0.15, 0.2) is 48.5 Å². The minimum atomic E-state index is -0.0635. The molecule has 0 bridgehead atoms. The van der Waals surface area contributed by atoms with Gasteiger partial charge in [-0.3, -0.25) is 4.90 Å². The van der Waals surface area contributed by atoms with Gasteiger partial charge in [0, 0.05) is 34.9 Å². The van der Waals surface area contributed by atoms with Crippen molar-refractivity contribution in [2.75, 3.05) is 23.3 Å². The molecule has 1 aliphatic heterocycles. The fourth-order valence-corrected chi connectivity index (χ4v) is 3.22. The maximum Gasteiger partial charge on any atom is 0.321 e. The third-order valence-corrected chi connectivity index (χ3v) is 4.50. The maximum atomic E-state index is 11.8. The summed E-state index contributed by atoms with van der Waals surface area (Å²) in [5.74, 6) is 0.746. The van der Waals surface area contributed by atoms with Gasteiger partial charge in [-0.15, -0.1) is 0 Å². The number of carbonyl (C=O) groups is 1. The van der Waals surface area contributed by atoms with Crippen LogP contribution in [0.4, 0.5) is 22.0 Å². The van der Waals surface area contributed by atoms with Crippen molar-refractivity contribution in [3.63, 3.8) is 0 Å². The summed E-state index contributed by atoms with van der Waals surface area (Å²) in [6.07, 6.45) is 0. The number of urea groups is 1. The monoisotopic (exact) mass is 352 g/mol. The Bertz CT molecular complexity index is 973. The highest BCUT2D eigenvalue weighted by molar-refractivity contribution is 6.31. The van der Waals surface area contributed by atoms with E-state index >= 15 is 0 Å². The van der Waals surface area contributed by atoms with Gasteiger partial charge in [-0.1, -0.05) is 23.7 Å². The van der Waals surface area contributed by atoms with Crippen LogP contribution in [0, 0.1) is 6.92 Å². The third kappa shape index (κ3) is 3.10. The van der Waals surface area contributed by atoms with E-state index < -0.39 is 0 Å². The van der Waals surface area contributed by atoms with E-state index in [0.717, 1.165) is 33.7 Å². The quantitative estimate of drug-likeness (QED) is 0.731. The number of aromatic nitrogens is 1. The predicted molar refractivity (Wildman–Crippen MR) is 102 cm³/mol. The van der Waals surface area contributed by atoms with Gasteiger partial charge in [-0.25, -0.2) is 9.78 Å². The van der Waals surface area contributed by atoms with Crippen LogP contribution in [0.2, 0.25) is 5.02 Å². The van der Waals surface area contributed by atoms with Gasteiger partial charge in [-0.2, -0.15) is 0 Å². The topological polar surface area (TPSA) is 57.3 Å². The zero-order valence-electron chi connectivity index (χ0n) is 13.7. The van der Waals surface area contributed by atoms with E-state index in [1.165, 1.54) is 0 Å². The van der Waals surface area contributed by atoms with Crippen LogP contribution < -0.4 is 15.5 Å². The highest BCUT2D eigenvalue weighted by atomic mass is 35.5. The molecule has 2 N–H and O–H groups in total. The average Bonchev–Trinajstić information content (AvgIpc) is 3.01. The molecule has 4 rings (SSSR count). The second kappa shape index (κ2) is 6.26. The van der Waals surface area contributed by atoms with Gasteiger partial charge in [0.1, 0.15) is 5.82 Å². The van der Waals surface area contributed by atoms with Crippen LogP contribution in [0.1, 0.15) is 5.56 Å². The predicted octanol–water partition coefficient (Wildman–Crippen LogP) is 4.47. The Morgan fingerprint density at radius 3 is 2.88 bits per heavy atom. The molecule has 1 aromatic heterocycles. The van der Waals surface area contributed by atoms with E-state index in [9.17, 15) is 4.79 Å². The highest BCUT2D eigenvalue weighted by Crippen LogP contribution is 2.27. The van der Waals surface area contributed by atoms with E-state index in [2.05, 4.69) is 15.6 Å². The van der Waals surface area contributed by atoms with Crippen molar-refractivity contribution in [3.05, 3.63) is 59.1 Å². The summed E-state index contributed by atoms with van der Waals surface area (Å²) in [4.78, 5) is 18.2. The summed E-state index contributed by atoms with van der Waals surface area (Å²) in [7, 11) is 0. The van der Waals surface area contributed by atoms with E-state index in [1.807, 2.05) is 55.5 Å². The van der Waals surface area contributed by atoms with E-state index in [4.69, 9.17) is 11.6 Å². The molecule has 25 heavy (non-hydrogen) atoms. The van der Waals surface area contributed by atoms with Crippen molar-refractivity contribution in [1.29, 1.82) is 0 Å². The standard InChI is InChI=1S/C19H17ClN4O/c1-12-9-18(23-17-10-13(20)5-6-16(12)17)22-14-3-2-4-15(11-14)24-8-7-21-19(24)25/h2-6,9-11H,7-8H2,1H3,(H,21,25)(H,22,23). The molecule has 5 nitrogen and oxygen atoms in total. The van der Waals surface area contributed by atoms with Gasteiger partial charge in [-0.05, 0) is 48.9 Å². The first-order chi connectivity index (χ1) is 12.1. The summed E-state index contributed by atoms with van der Waals surface area (Å²) in [6.45, 7) is 3.39. The summed E-state index contributed by atoms with van der Waals surface area (Å²) in [5.41, 5.74) is 3.72. The number of rotatable bonds is 3. The van der Waals surface area contributed by atoms with E-state index in [1.54, 1.807) is 4.90 Å². The lowest BCUT2D eigenvalue weighted by Crippen LogP contribution is -2.27. The molecular formula is C19H17ClN4O. The summed E-state index contributed by atoms with van der Waals surface area (Å²) in [5, 5.41) is 7.88. The molecule has 3 aromatic rings. The van der Waals surface area contributed by atoms with Crippen LogP contribution in [0.3, 0.4) is 0 Å². The lowest BCUT2D eigenvalue weighted by molar-refractivity contribution is 0.252. The minimum absolute atomic E-state index is 0.0635. The fraction of sp³-hybridized carbons (Fsp3) is 0.158. The molecule has 126 valence electrons. The number of aryl methyl sites for hydroxylation is 1. The van der Waals surface area contributed by atoms with Gasteiger partial charge in [0.15, 0.2) is 0 Å². The number of hydrogen-bond donors (Lipinski definition) is 2. The Morgan fingerprint density at radius 2 is 2.08 bits per heavy atom. The van der Waals surface area contributed by atoms with Crippen molar-refractivity contribution in [1.82, 2.24) is 10.3 Å². The number of amides is 2. The molecule has 6 heteroatoms. The number of pyridine rings is 1. The molecule has 2 heterocycles. The first-order valence-corrected chi connectivity index (χ1v) is 8.47. The van der Waals surface area contributed by atoms with Gasteiger partial charge in [0.2, 0.25) is 0 Å². The normalized spacial score (nSPS) is 14.0. The molecule has 0 unspecified atom stereocenters. The minimum Gasteiger partial charge on any atom is -0.340 e. The number of nitrogens with zero attached hydrogens (tertiary/aromatic N) is 2. The molecule has 1 saturated heterocycles. The molecule has 2 aromatic carbocycles. The van der Waals surface area contributed by atoms with Crippen LogP contribution >= 0.6 is 11.6 Å². The van der Waals surface area contributed by atoms with Crippen molar-refractivity contribution >= 4 is 45.7 Å². The zero-order chi connectivity index (χ0) is 17.4. The molecule has 0 radical (unpaired) electrons. The summed E-state index contributed by atoms with van der Waals surface area (Å²) < 4.78 is 0. The van der Waals surface area contributed by atoms with E-state index in [0.29, 0.717) is 18.1 Å². The van der Waals surface area contributed by atoms with Crippen molar-refractivity contribution in [2.45, 2.75) is 6.92 Å². The number of hydrogen-bond acceptors (Lipinski definition) is 3. The van der Waals surface area contributed by atoms with Gasteiger partial charge < -0.3 is 10.6 Å². The molecule has 0 atom stereocenters. The number of benzene rings is 2. The van der Waals surface area contributed by atoms with Gasteiger partial charge in [0.05, 0.1) is 5.52 Å². The lowest BCUT2D eigenvalue weighted by atomic mass is 10.1. The van der Waals surface area contributed by atoms with Crippen LogP contribution in [-0.2, 0) is 0 Å². The third-order valence-electron chi connectivity index (χ3n) is 4.27. The van der Waals surface area contributed by atoms with Crippen LogP contribution in [0.5, 0.6) is 0 Å². The fourth-order valence-electron chi connectivity index (χ4n) is 3.06. The van der Waals surface area contributed by atoms with Crippen LogP contribution in [-0.4, -0.2) is 24.1 Å². The van der Waals surface area contributed by atoms with Crippen molar-refractivity contribution in [3.8, 4) is 0 Å². The number of halogens is 1. The Morgan fingerprint density at radius 1 is 1.20 bits per heavy atom. The van der Waals surface area contributed by atoms with E-state index in [-0.39, 0.29) is 6.03 Å². The largest absolute Gasteiger partial charge is 0.340 e. The Balaban J connectivity index is 1.66. The van der Waals surface area contributed by atoms with Crippen molar-refractivity contribution in [2.24, 2.45) is 0 Å². The number of nitrogens with one attached hydrogen (secondary N) is 2. The molecule has 0 saturated carbocycles. The molecule has 1 fully saturated rings. The van der Waals surface area contributed by atoms with Crippen molar-refractivity contribution < 1.29 is 4.79 Å². The lowest BCUT2D eigenvalue weighted by Gasteiger charge is -2.16. The van der Waals surface area contributed by atoms with Gasteiger partial charge in [0.25, 0.3) is 0 Å². The highest BCUT2D eigenvalue weighted by Gasteiger charge is 2.21.